The van der Waals surface area contributed by atoms with Crippen LogP contribution in [-0.2, 0) is 11.3 Å². The molecule has 2 N–H and O–H groups in total. The van der Waals surface area contributed by atoms with Crippen molar-refractivity contribution in [3.05, 3.63) is 48.0 Å². The number of benzene rings is 2. The maximum absolute atomic E-state index is 11.1. The first kappa shape index (κ1) is 12.2. The maximum atomic E-state index is 11.1. The van der Waals surface area contributed by atoms with Crippen molar-refractivity contribution in [2.24, 2.45) is 0 Å². The van der Waals surface area contributed by atoms with Gasteiger partial charge < -0.3 is 10.6 Å². The number of hydrogen-bond acceptors (Lipinski definition) is 2. The summed E-state index contributed by atoms with van der Waals surface area (Å²) in [6.07, 6.45) is 1.62. The van der Waals surface area contributed by atoms with E-state index >= 15 is 0 Å². The number of rotatable bonds is 4. The molecule has 1 unspecified atom stereocenters. The van der Waals surface area contributed by atoms with Gasteiger partial charge >= 0.3 is 0 Å². The quantitative estimate of drug-likeness (QED) is 0.878. The molecule has 0 spiro atoms. The molecule has 0 radical (unpaired) electrons. The number of fused-ring (bicyclic) bond motifs is 1. The lowest BCUT2D eigenvalue weighted by atomic mass is 10.1. The van der Waals surface area contributed by atoms with Crippen molar-refractivity contribution in [2.75, 3.05) is 6.54 Å². The molecule has 3 rings (SSSR count). The molecule has 0 aliphatic carbocycles. The number of amides is 1. The summed E-state index contributed by atoms with van der Waals surface area (Å²) in [6, 6.07) is 15.2. The molecule has 3 nitrogen and oxygen atoms in total. The number of carbonyl (C=O) groups excluding carboxylic acids is 1. The topological polar surface area (TPSA) is 41.1 Å². The smallest absolute Gasteiger partial charge is 0.220 e. The van der Waals surface area contributed by atoms with E-state index in [0.29, 0.717) is 12.5 Å². The van der Waals surface area contributed by atoms with Crippen LogP contribution in [0.2, 0.25) is 0 Å². The zero-order valence-corrected chi connectivity index (χ0v) is 10.9. The fourth-order valence-electron chi connectivity index (χ4n) is 2.57. The van der Waals surface area contributed by atoms with Crippen LogP contribution in [0.25, 0.3) is 10.8 Å². The summed E-state index contributed by atoms with van der Waals surface area (Å²) < 4.78 is 0. The summed E-state index contributed by atoms with van der Waals surface area (Å²) >= 11 is 0. The molecule has 2 aromatic carbocycles. The van der Waals surface area contributed by atoms with Crippen LogP contribution in [0.5, 0.6) is 0 Å². The summed E-state index contributed by atoms with van der Waals surface area (Å²) in [5.74, 6) is 0.178. The average molecular weight is 254 g/mol. The third kappa shape index (κ3) is 2.93. The van der Waals surface area contributed by atoms with E-state index in [1.54, 1.807) is 0 Å². The van der Waals surface area contributed by atoms with Gasteiger partial charge in [0, 0.05) is 25.6 Å². The average Bonchev–Trinajstić information content (AvgIpc) is 2.84. The highest BCUT2D eigenvalue weighted by Crippen LogP contribution is 2.15. The lowest BCUT2D eigenvalue weighted by Gasteiger charge is -2.11. The zero-order valence-electron chi connectivity index (χ0n) is 10.9. The standard InChI is InChI=1S/C16H18N2O/c19-16-8-7-15(18-16)11-17-10-12-5-6-13-3-1-2-4-14(13)9-12/h1-6,9,15,17H,7-8,10-11H2,(H,18,19). The molecule has 98 valence electrons. The Labute approximate surface area is 113 Å². The number of hydrogen-bond donors (Lipinski definition) is 2. The lowest BCUT2D eigenvalue weighted by Crippen LogP contribution is -2.35. The summed E-state index contributed by atoms with van der Waals surface area (Å²) in [5, 5.41) is 8.93. The molecule has 1 amide bonds. The first-order chi connectivity index (χ1) is 9.31. The lowest BCUT2D eigenvalue weighted by molar-refractivity contribution is -0.119. The van der Waals surface area contributed by atoms with Crippen LogP contribution in [0.1, 0.15) is 18.4 Å². The van der Waals surface area contributed by atoms with Crippen LogP contribution < -0.4 is 10.6 Å². The molecule has 1 aliphatic rings. The maximum Gasteiger partial charge on any atom is 0.220 e. The highest BCUT2D eigenvalue weighted by atomic mass is 16.1. The van der Waals surface area contributed by atoms with Gasteiger partial charge in [0.05, 0.1) is 0 Å². The Bertz CT molecular complexity index is 594. The van der Waals surface area contributed by atoms with Crippen LogP contribution in [0.15, 0.2) is 42.5 Å². The molecule has 0 bridgehead atoms. The van der Waals surface area contributed by atoms with Gasteiger partial charge in [-0.2, -0.15) is 0 Å². The molecule has 0 aromatic heterocycles. The Balaban J connectivity index is 1.58. The minimum atomic E-state index is 0.178. The van der Waals surface area contributed by atoms with Crippen molar-refractivity contribution >= 4 is 16.7 Å². The highest BCUT2D eigenvalue weighted by Gasteiger charge is 2.19. The van der Waals surface area contributed by atoms with Gasteiger partial charge in [-0.1, -0.05) is 36.4 Å². The van der Waals surface area contributed by atoms with Crippen molar-refractivity contribution in [1.29, 1.82) is 0 Å². The summed E-state index contributed by atoms with van der Waals surface area (Å²) in [4.78, 5) is 11.1. The monoisotopic (exact) mass is 254 g/mol. The Hall–Kier alpha value is -1.87. The van der Waals surface area contributed by atoms with E-state index in [4.69, 9.17) is 0 Å². The second kappa shape index (κ2) is 5.41. The van der Waals surface area contributed by atoms with Gasteiger partial charge in [0.1, 0.15) is 0 Å². The van der Waals surface area contributed by atoms with Gasteiger partial charge in [-0.05, 0) is 28.8 Å². The Morgan fingerprint density at radius 3 is 2.79 bits per heavy atom. The number of carbonyl (C=O) groups is 1. The second-order valence-corrected chi connectivity index (χ2v) is 5.12. The first-order valence-corrected chi connectivity index (χ1v) is 6.79. The molecule has 1 atom stereocenters. The van der Waals surface area contributed by atoms with Gasteiger partial charge in [0.25, 0.3) is 0 Å². The Kier molecular flexibility index (Phi) is 3.47. The molecule has 2 aromatic rings. The fraction of sp³-hybridized carbons (Fsp3) is 0.312. The molecular formula is C16H18N2O. The SMILES string of the molecule is O=C1CCC(CNCc2ccc3ccccc3c2)N1. The van der Waals surface area contributed by atoms with Crippen LogP contribution in [-0.4, -0.2) is 18.5 Å². The molecule has 1 fully saturated rings. The molecule has 1 saturated heterocycles. The van der Waals surface area contributed by atoms with Crippen molar-refractivity contribution < 1.29 is 4.79 Å². The first-order valence-electron chi connectivity index (χ1n) is 6.79. The number of nitrogens with one attached hydrogen (secondary N) is 2. The van der Waals surface area contributed by atoms with Gasteiger partial charge in [0.2, 0.25) is 5.91 Å². The van der Waals surface area contributed by atoms with Crippen LogP contribution in [0, 0.1) is 0 Å². The van der Waals surface area contributed by atoms with E-state index in [1.807, 2.05) is 0 Å². The van der Waals surface area contributed by atoms with E-state index in [9.17, 15) is 4.79 Å². The third-order valence-electron chi connectivity index (χ3n) is 3.62. The second-order valence-electron chi connectivity index (χ2n) is 5.12. The van der Waals surface area contributed by atoms with Crippen molar-refractivity contribution in [2.45, 2.75) is 25.4 Å². The van der Waals surface area contributed by atoms with E-state index in [0.717, 1.165) is 19.5 Å². The Morgan fingerprint density at radius 2 is 2.00 bits per heavy atom. The predicted molar refractivity (Wildman–Crippen MR) is 76.8 cm³/mol. The Morgan fingerprint density at radius 1 is 1.16 bits per heavy atom. The van der Waals surface area contributed by atoms with Gasteiger partial charge in [-0.25, -0.2) is 0 Å². The molecule has 19 heavy (non-hydrogen) atoms. The summed E-state index contributed by atoms with van der Waals surface area (Å²) in [7, 11) is 0. The normalized spacial score (nSPS) is 18.7. The van der Waals surface area contributed by atoms with Crippen LogP contribution >= 0.6 is 0 Å². The fourth-order valence-corrected chi connectivity index (χ4v) is 2.57. The van der Waals surface area contributed by atoms with E-state index in [1.165, 1.54) is 16.3 Å². The summed E-state index contributed by atoms with van der Waals surface area (Å²) in [5.41, 5.74) is 1.28. The van der Waals surface area contributed by atoms with E-state index in [-0.39, 0.29) is 5.91 Å². The zero-order chi connectivity index (χ0) is 13.1. The van der Waals surface area contributed by atoms with Crippen molar-refractivity contribution in [1.82, 2.24) is 10.6 Å². The predicted octanol–water partition coefficient (Wildman–Crippen LogP) is 2.21. The van der Waals surface area contributed by atoms with E-state index in [2.05, 4.69) is 53.1 Å². The van der Waals surface area contributed by atoms with Crippen LogP contribution in [0.3, 0.4) is 0 Å². The minimum Gasteiger partial charge on any atom is -0.352 e. The van der Waals surface area contributed by atoms with Crippen LogP contribution in [0.4, 0.5) is 0 Å². The minimum absolute atomic E-state index is 0.178. The van der Waals surface area contributed by atoms with Crippen molar-refractivity contribution in [3.63, 3.8) is 0 Å². The molecule has 1 aliphatic heterocycles. The molecule has 3 heteroatoms. The largest absolute Gasteiger partial charge is 0.352 e. The third-order valence-corrected chi connectivity index (χ3v) is 3.62. The summed E-state index contributed by atoms with van der Waals surface area (Å²) in [6.45, 7) is 1.69. The van der Waals surface area contributed by atoms with E-state index < -0.39 is 0 Å². The molecule has 0 saturated carbocycles. The van der Waals surface area contributed by atoms with Crippen molar-refractivity contribution in [3.8, 4) is 0 Å². The molecule has 1 heterocycles. The molecular weight excluding hydrogens is 236 g/mol. The van der Waals surface area contributed by atoms with Gasteiger partial charge in [0.15, 0.2) is 0 Å². The highest BCUT2D eigenvalue weighted by molar-refractivity contribution is 5.83. The van der Waals surface area contributed by atoms with Gasteiger partial charge in [-0.3, -0.25) is 4.79 Å². The van der Waals surface area contributed by atoms with Gasteiger partial charge in [-0.15, -0.1) is 0 Å².